The molecule has 0 heterocycles. The van der Waals surface area contributed by atoms with E-state index in [9.17, 15) is 13.2 Å². The molecule has 0 aliphatic rings. The molecule has 8 heteroatoms. The van der Waals surface area contributed by atoms with Crippen molar-refractivity contribution in [1.29, 1.82) is 0 Å². The third-order valence-electron chi connectivity index (χ3n) is 3.00. The van der Waals surface area contributed by atoms with Crippen LogP contribution in [0.4, 0.5) is 5.69 Å². The maximum Gasteiger partial charge on any atom is 0.225 e. The van der Waals surface area contributed by atoms with E-state index in [0.29, 0.717) is 18.8 Å². The van der Waals surface area contributed by atoms with Gasteiger partial charge in [0.15, 0.2) is 0 Å². The fourth-order valence-electron chi connectivity index (χ4n) is 1.76. The predicted octanol–water partition coefficient (Wildman–Crippen LogP) is 1.60. The Hall–Kier alpha value is -0.960. The van der Waals surface area contributed by atoms with Gasteiger partial charge in [0.05, 0.1) is 11.9 Å². The van der Waals surface area contributed by atoms with E-state index in [1.807, 2.05) is 37.2 Å². The van der Waals surface area contributed by atoms with Crippen molar-refractivity contribution in [2.24, 2.45) is 0 Å². The summed E-state index contributed by atoms with van der Waals surface area (Å²) < 4.78 is 25.6. The van der Waals surface area contributed by atoms with Crippen molar-refractivity contribution in [3.05, 3.63) is 28.7 Å². The van der Waals surface area contributed by atoms with Crippen LogP contribution >= 0.6 is 15.9 Å². The predicted molar refractivity (Wildman–Crippen MR) is 92.4 cm³/mol. The molecular weight excluding hydrogens is 370 g/mol. The van der Waals surface area contributed by atoms with E-state index in [4.69, 9.17) is 0 Å². The highest BCUT2D eigenvalue weighted by atomic mass is 79.9. The molecule has 1 amide bonds. The van der Waals surface area contributed by atoms with Crippen molar-refractivity contribution in [1.82, 2.24) is 9.21 Å². The number of hydrogen-bond donors (Lipinski definition) is 1. The summed E-state index contributed by atoms with van der Waals surface area (Å²) >= 11 is 3.35. The Balaban J connectivity index is 2.57. The van der Waals surface area contributed by atoms with Gasteiger partial charge in [-0.1, -0.05) is 12.1 Å². The van der Waals surface area contributed by atoms with Crippen LogP contribution in [0.25, 0.3) is 0 Å². The molecule has 0 saturated carbocycles. The lowest BCUT2D eigenvalue weighted by molar-refractivity contribution is -0.116. The van der Waals surface area contributed by atoms with Gasteiger partial charge in [-0.05, 0) is 42.2 Å². The van der Waals surface area contributed by atoms with Gasteiger partial charge < -0.3 is 10.2 Å². The summed E-state index contributed by atoms with van der Waals surface area (Å²) in [6.07, 6.45) is 1.27. The second kappa shape index (κ2) is 8.61. The van der Waals surface area contributed by atoms with Gasteiger partial charge in [0, 0.05) is 30.5 Å². The molecule has 6 nitrogen and oxygen atoms in total. The van der Waals surface area contributed by atoms with Crippen LogP contribution < -0.4 is 5.32 Å². The zero-order chi connectivity index (χ0) is 16.8. The van der Waals surface area contributed by atoms with Gasteiger partial charge in [-0.2, -0.15) is 0 Å². The molecule has 0 atom stereocenters. The van der Waals surface area contributed by atoms with E-state index in [1.54, 1.807) is 6.07 Å². The smallest absolute Gasteiger partial charge is 0.225 e. The molecule has 1 aromatic rings. The molecule has 0 spiro atoms. The standard InChI is InChI=1S/C14H22BrN3O3S/c1-17(2)10-11-18(22(3,20)21)9-8-14(19)16-13-7-5-4-6-12(13)15/h4-7H,8-11H2,1-3H3,(H,16,19). The molecular formula is C14H22BrN3O3S. The van der Waals surface area contributed by atoms with Gasteiger partial charge in [0.1, 0.15) is 0 Å². The fraction of sp³-hybridized carbons (Fsp3) is 0.500. The number of para-hydroxylation sites is 1. The van der Waals surface area contributed by atoms with Gasteiger partial charge in [-0.15, -0.1) is 0 Å². The van der Waals surface area contributed by atoms with Crippen molar-refractivity contribution >= 4 is 37.5 Å². The zero-order valence-corrected chi connectivity index (χ0v) is 15.4. The van der Waals surface area contributed by atoms with E-state index in [0.717, 1.165) is 10.7 Å². The Bertz CT molecular complexity index is 605. The van der Waals surface area contributed by atoms with E-state index < -0.39 is 10.0 Å². The first-order valence-electron chi connectivity index (χ1n) is 6.84. The summed E-state index contributed by atoms with van der Waals surface area (Å²) in [4.78, 5) is 13.9. The number of carbonyl (C=O) groups excluding carboxylic acids is 1. The van der Waals surface area contributed by atoms with E-state index in [2.05, 4.69) is 21.2 Å². The summed E-state index contributed by atoms with van der Waals surface area (Å²) in [6, 6.07) is 7.28. The number of benzene rings is 1. The average molecular weight is 392 g/mol. The number of anilines is 1. The van der Waals surface area contributed by atoms with Gasteiger partial charge in [-0.3, -0.25) is 4.79 Å². The summed E-state index contributed by atoms with van der Waals surface area (Å²) in [6.45, 7) is 1.15. The maximum atomic E-state index is 12.0. The van der Waals surface area contributed by atoms with Gasteiger partial charge >= 0.3 is 0 Å². The number of rotatable bonds is 8. The van der Waals surface area contributed by atoms with E-state index in [1.165, 1.54) is 4.31 Å². The molecule has 1 aromatic carbocycles. The van der Waals surface area contributed by atoms with Crippen LogP contribution in [0.5, 0.6) is 0 Å². The lowest BCUT2D eigenvalue weighted by Crippen LogP contribution is -2.37. The molecule has 0 bridgehead atoms. The summed E-state index contributed by atoms with van der Waals surface area (Å²) in [5.41, 5.74) is 0.673. The normalized spacial score (nSPS) is 11.9. The Morgan fingerprint density at radius 3 is 2.36 bits per heavy atom. The second-order valence-electron chi connectivity index (χ2n) is 5.24. The first-order valence-corrected chi connectivity index (χ1v) is 9.48. The van der Waals surface area contributed by atoms with E-state index in [-0.39, 0.29) is 18.9 Å². The number of hydrogen-bond acceptors (Lipinski definition) is 4. The molecule has 22 heavy (non-hydrogen) atoms. The molecule has 0 aromatic heterocycles. The minimum Gasteiger partial charge on any atom is -0.325 e. The summed E-state index contributed by atoms with van der Waals surface area (Å²) in [7, 11) is 0.430. The van der Waals surface area contributed by atoms with Crippen LogP contribution in [0.1, 0.15) is 6.42 Å². The van der Waals surface area contributed by atoms with Gasteiger partial charge in [-0.25, -0.2) is 12.7 Å². The molecule has 0 fully saturated rings. The minimum absolute atomic E-state index is 0.113. The molecule has 1 N–H and O–H groups in total. The summed E-state index contributed by atoms with van der Waals surface area (Å²) in [5.74, 6) is -0.217. The van der Waals surface area contributed by atoms with Crippen molar-refractivity contribution in [3.8, 4) is 0 Å². The number of nitrogens with zero attached hydrogens (tertiary/aromatic N) is 2. The number of likely N-dealkylation sites (N-methyl/N-ethyl adjacent to an activating group) is 1. The van der Waals surface area contributed by atoms with Crippen LogP contribution in [0.2, 0.25) is 0 Å². The second-order valence-corrected chi connectivity index (χ2v) is 8.08. The monoisotopic (exact) mass is 391 g/mol. The van der Waals surface area contributed by atoms with E-state index >= 15 is 0 Å². The number of halogens is 1. The van der Waals surface area contributed by atoms with Crippen molar-refractivity contribution in [3.63, 3.8) is 0 Å². The van der Waals surface area contributed by atoms with Crippen molar-refractivity contribution in [2.45, 2.75) is 6.42 Å². The number of nitrogens with one attached hydrogen (secondary N) is 1. The minimum atomic E-state index is -3.32. The highest BCUT2D eigenvalue weighted by molar-refractivity contribution is 9.10. The Morgan fingerprint density at radius 2 is 1.82 bits per heavy atom. The van der Waals surface area contributed by atoms with Crippen LogP contribution in [-0.2, 0) is 14.8 Å². The SMILES string of the molecule is CN(C)CCN(CCC(=O)Nc1ccccc1Br)S(C)(=O)=O. The Kier molecular flexibility index (Phi) is 7.47. The van der Waals surface area contributed by atoms with Crippen LogP contribution in [0, 0.1) is 0 Å². The Morgan fingerprint density at radius 1 is 1.18 bits per heavy atom. The lowest BCUT2D eigenvalue weighted by Gasteiger charge is -2.21. The van der Waals surface area contributed by atoms with Crippen LogP contribution in [0.3, 0.4) is 0 Å². The number of carbonyl (C=O) groups is 1. The largest absolute Gasteiger partial charge is 0.325 e. The molecule has 1 rings (SSSR count). The number of amides is 1. The zero-order valence-electron chi connectivity index (χ0n) is 13.0. The topological polar surface area (TPSA) is 69.7 Å². The summed E-state index contributed by atoms with van der Waals surface area (Å²) in [5, 5.41) is 2.76. The van der Waals surface area contributed by atoms with Crippen molar-refractivity contribution < 1.29 is 13.2 Å². The highest BCUT2D eigenvalue weighted by Crippen LogP contribution is 2.21. The highest BCUT2D eigenvalue weighted by Gasteiger charge is 2.18. The van der Waals surface area contributed by atoms with Crippen LogP contribution in [-0.4, -0.2) is 63.5 Å². The average Bonchev–Trinajstić information content (AvgIpc) is 2.39. The molecule has 0 aliphatic carbocycles. The number of sulfonamides is 1. The van der Waals surface area contributed by atoms with Gasteiger partial charge in [0.2, 0.25) is 15.9 Å². The molecule has 0 saturated heterocycles. The molecule has 0 aliphatic heterocycles. The Labute approximate surface area is 140 Å². The fourth-order valence-corrected chi connectivity index (χ4v) is 2.98. The third kappa shape index (κ3) is 6.87. The maximum absolute atomic E-state index is 12.0. The van der Waals surface area contributed by atoms with Gasteiger partial charge in [0.25, 0.3) is 0 Å². The van der Waals surface area contributed by atoms with Crippen molar-refractivity contribution in [2.75, 3.05) is 45.3 Å². The quantitative estimate of drug-likeness (QED) is 0.730. The third-order valence-corrected chi connectivity index (χ3v) is 5.00. The molecule has 0 radical (unpaired) electrons. The first kappa shape index (κ1) is 19.1. The molecule has 124 valence electrons. The molecule has 0 unspecified atom stereocenters. The van der Waals surface area contributed by atoms with Crippen LogP contribution in [0.15, 0.2) is 28.7 Å². The lowest BCUT2D eigenvalue weighted by atomic mass is 10.3. The first-order chi connectivity index (χ1) is 10.2.